The molecule has 2 nitrogen and oxygen atoms in total. The molecule has 0 saturated carbocycles. The summed E-state index contributed by atoms with van der Waals surface area (Å²) < 4.78 is 0. The van der Waals surface area contributed by atoms with Crippen LogP contribution in [0.5, 0.6) is 0 Å². The standard InChI is InChI=1S/C14H15NO/c1-11(16)15-10-9-13-7-4-6-12-5-2-3-8-14(12)13/h2-8H,9-10H2,1H3,(H,15,16). The monoisotopic (exact) mass is 213 g/mol. The zero-order chi connectivity index (χ0) is 11.4. The fourth-order valence-electron chi connectivity index (χ4n) is 1.88. The van der Waals surface area contributed by atoms with Crippen LogP contribution in [-0.4, -0.2) is 12.5 Å². The Kier molecular flexibility index (Phi) is 3.20. The normalized spacial score (nSPS) is 10.3. The quantitative estimate of drug-likeness (QED) is 0.834. The molecule has 2 aromatic rings. The van der Waals surface area contributed by atoms with Crippen LogP contribution in [0.4, 0.5) is 0 Å². The van der Waals surface area contributed by atoms with Gasteiger partial charge in [-0.2, -0.15) is 0 Å². The summed E-state index contributed by atoms with van der Waals surface area (Å²) in [4.78, 5) is 10.8. The largest absolute Gasteiger partial charge is 0.356 e. The molecule has 2 heteroatoms. The van der Waals surface area contributed by atoms with Gasteiger partial charge in [0.15, 0.2) is 0 Å². The van der Waals surface area contributed by atoms with Crippen LogP contribution in [0.25, 0.3) is 10.8 Å². The molecule has 0 atom stereocenters. The number of hydrogen-bond donors (Lipinski definition) is 1. The Balaban J connectivity index is 2.20. The van der Waals surface area contributed by atoms with Crippen LogP contribution in [0.3, 0.4) is 0 Å². The molecule has 0 heterocycles. The molecule has 0 spiro atoms. The van der Waals surface area contributed by atoms with Crippen LogP contribution in [0.2, 0.25) is 0 Å². The van der Waals surface area contributed by atoms with Crippen LogP contribution in [0.1, 0.15) is 12.5 Å². The molecular weight excluding hydrogens is 198 g/mol. The Morgan fingerprint density at radius 3 is 2.69 bits per heavy atom. The second-order valence-electron chi connectivity index (χ2n) is 3.87. The van der Waals surface area contributed by atoms with Crippen molar-refractivity contribution in [3.8, 4) is 0 Å². The van der Waals surface area contributed by atoms with Gasteiger partial charge in [-0.25, -0.2) is 0 Å². The van der Waals surface area contributed by atoms with E-state index in [4.69, 9.17) is 0 Å². The second-order valence-corrected chi connectivity index (χ2v) is 3.87. The summed E-state index contributed by atoms with van der Waals surface area (Å²) in [6.07, 6.45) is 0.876. The van der Waals surface area contributed by atoms with Crippen LogP contribution < -0.4 is 5.32 Å². The Morgan fingerprint density at radius 1 is 1.12 bits per heavy atom. The van der Waals surface area contributed by atoms with E-state index in [1.54, 1.807) is 6.92 Å². The van der Waals surface area contributed by atoms with Gasteiger partial charge in [-0.05, 0) is 22.8 Å². The first-order valence-electron chi connectivity index (χ1n) is 5.48. The minimum Gasteiger partial charge on any atom is -0.356 e. The first kappa shape index (κ1) is 10.7. The summed E-state index contributed by atoms with van der Waals surface area (Å²) in [5.41, 5.74) is 1.28. The number of carbonyl (C=O) groups excluding carboxylic acids is 1. The van der Waals surface area contributed by atoms with Crippen molar-refractivity contribution in [2.45, 2.75) is 13.3 Å². The Bertz CT molecular complexity index is 500. The van der Waals surface area contributed by atoms with Crippen LogP contribution in [0.15, 0.2) is 42.5 Å². The predicted octanol–water partition coefficient (Wildman–Crippen LogP) is 2.52. The number of hydrogen-bond acceptors (Lipinski definition) is 1. The molecule has 0 aliphatic heterocycles. The molecule has 0 radical (unpaired) electrons. The highest BCUT2D eigenvalue weighted by Gasteiger charge is 2.00. The molecule has 0 unspecified atom stereocenters. The summed E-state index contributed by atoms with van der Waals surface area (Å²) in [6, 6.07) is 14.6. The number of carbonyl (C=O) groups is 1. The van der Waals surface area contributed by atoms with Gasteiger partial charge in [0.2, 0.25) is 5.91 Å². The van der Waals surface area contributed by atoms with Crippen LogP contribution in [0, 0.1) is 0 Å². The van der Waals surface area contributed by atoms with Gasteiger partial charge in [0.05, 0.1) is 0 Å². The van der Waals surface area contributed by atoms with Crippen molar-refractivity contribution in [3.63, 3.8) is 0 Å². The first-order valence-corrected chi connectivity index (χ1v) is 5.48. The van der Waals surface area contributed by atoms with Crippen molar-refractivity contribution in [1.29, 1.82) is 0 Å². The van der Waals surface area contributed by atoms with E-state index < -0.39 is 0 Å². The van der Waals surface area contributed by atoms with Crippen molar-refractivity contribution < 1.29 is 4.79 Å². The molecule has 82 valence electrons. The maximum absolute atomic E-state index is 10.8. The van der Waals surface area contributed by atoms with Crippen molar-refractivity contribution >= 4 is 16.7 Å². The first-order chi connectivity index (χ1) is 7.77. The van der Waals surface area contributed by atoms with E-state index in [1.165, 1.54) is 16.3 Å². The number of amides is 1. The van der Waals surface area contributed by atoms with Gasteiger partial charge < -0.3 is 5.32 Å². The zero-order valence-electron chi connectivity index (χ0n) is 9.36. The van der Waals surface area contributed by atoms with Crippen molar-refractivity contribution in [2.75, 3.05) is 6.54 Å². The topological polar surface area (TPSA) is 29.1 Å². The molecule has 0 bridgehead atoms. The predicted molar refractivity (Wildman–Crippen MR) is 66.3 cm³/mol. The SMILES string of the molecule is CC(=O)NCCc1cccc2ccccc12. The van der Waals surface area contributed by atoms with E-state index in [0.29, 0.717) is 6.54 Å². The number of rotatable bonds is 3. The van der Waals surface area contributed by atoms with E-state index in [0.717, 1.165) is 6.42 Å². The van der Waals surface area contributed by atoms with Crippen LogP contribution >= 0.6 is 0 Å². The summed E-state index contributed by atoms with van der Waals surface area (Å²) in [7, 11) is 0. The Hall–Kier alpha value is -1.83. The van der Waals surface area contributed by atoms with E-state index in [1.807, 2.05) is 12.1 Å². The van der Waals surface area contributed by atoms with Gasteiger partial charge in [0.1, 0.15) is 0 Å². The molecular formula is C14H15NO. The third-order valence-electron chi connectivity index (χ3n) is 2.65. The molecule has 0 saturated heterocycles. The summed E-state index contributed by atoms with van der Waals surface area (Å²) >= 11 is 0. The van der Waals surface area contributed by atoms with Crippen molar-refractivity contribution in [1.82, 2.24) is 5.32 Å². The highest BCUT2D eigenvalue weighted by atomic mass is 16.1. The lowest BCUT2D eigenvalue weighted by Gasteiger charge is -2.06. The summed E-state index contributed by atoms with van der Waals surface area (Å²) in [5, 5.41) is 5.35. The highest BCUT2D eigenvalue weighted by molar-refractivity contribution is 5.85. The Morgan fingerprint density at radius 2 is 1.88 bits per heavy atom. The fourth-order valence-corrected chi connectivity index (χ4v) is 1.88. The molecule has 2 aromatic carbocycles. The highest BCUT2D eigenvalue weighted by Crippen LogP contribution is 2.18. The number of nitrogens with one attached hydrogen (secondary N) is 1. The average molecular weight is 213 g/mol. The van der Waals surface area contributed by atoms with Gasteiger partial charge >= 0.3 is 0 Å². The van der Waals surface area contributed by atoms with E-state index in [9.17, 15) is 4.79 Å². The van der Waals surface area contributed by atoms with Gasteiger partial charge in [-0.15, -0.1) is 0 Å². The van der Waals surface area contributed by atoms with Crippen molar-refractivity contribution in [3.05, 3.63) is 48.0 Å². The molecule has 1 amide bonds. The summed E-state index contributed by atoms with van der Waals surface area (Å²) in [6.45, 7) is 2.24. The minimum atomic E-state index is 0.0280. The molecule has 1 N–H and O–H groups in total. The van der Waals surface area contributed by atoms with Gasteiger partial charge in [0.25, 0.3) is 0 Å². The van der Waals surface area contributed by atoms with Gasteiger partial charge in [-0.3, -0.25) is 4.79 Å². The minimum absolute atomic E-state index is 0.0280. The maximum atomic E-state index is 10.8. The van der Waals surface area contributed by atoms with Crippen molar-refractivity contribution in [2.24, 2.45) is 0 Å². The van der Waals surface area contributed by atoms with Gasteiger partial charge in [0, 0.05) is 13.5 Å². The third kappa shape index (κ3) is 2.40. The average Bonchev–Trinajstić information content (AvgIpc) is 2.29. The van der Waals surface area contributed by atoms with Crippen LogP contribution in [-0.2, 0) is 11.2 Å². The number of fused-ring (bicyclic) bond motifs is 1. The summed E-state index contributed by atoms with van der Waals surface area (Å²) in [5.74, 6) is 0.0280. The van der Waals surface area contributed by atoms with Gasteiger partial charge in [-0.1, -0.05) is 42.5 Å². The molecule has 2 rings (SSSR count). The third-order valence-corrected chi connectivity index (χ3v) is 2.65. The second kappa shape index (κ2) is 4.79. The lowest BCUT2D eigenvalue weighted by molar-refractivity contribution is -0.118. The van der Waals surface area contributed by atoms with E-state index >= 15 is 0 Å². The molecule has 16 heavy (non-hydrogen) atoms. The number of benzene rings is 2. The molecule has 0 aromatic heterocycles. The molecule has 0 aliphatic rings. The molecule has 0 aliphatic carbocycles. The smallest absolute Gasteiger partial charge is 0.216 e. The molecule has 0 fully saturated rings. The zero-order valence-corrected chi connectivity index (χ0v) is 9.36. The fraction of sp³-hybridized carbons (Fsp3) is 0.214. The lowest BCUT2D eigenvalue weighted by Crippen LogP contribution is -2.22. The lowest BCUT2D eigenvalue weighted by atomic mass is 10.0. The van der Waals surface area contributed by atoms with E-state index in [2.05, 4.69) is 35.6 Å². The maximum Gasteiger partial charge on any atom is 0.216 e. The Labute approximate surface area is 95.3 Å². The van der Waals surface area contributed by atoms with E-state index in [-0.39, 0.29) is 5.91 Å².